The Morgan fingerprint density at radius 1 is 1.36 bits per heavy atom. The highest BCUT2D eigenvalue weighted by Gasteiger charge is 2.39. The van der Waals surface area contributed by atoms with E-state index in [0.717, 1.165) is 13.1 Å². The molecule has 0 bridgehead atoms. The standard InChI is InChI=1S/C16H20ClN3O2/c1-11-9-18-6-7-19(11)16(22)12-8-15(21)20(10-12)14-5-3-2-4-13(14)17/h2-5,11-12,18H,6-10H2,1H3/t11-,12?/m0/s1. The summed E-state index contributed by atoms with van der Waals surface area (Å²) in [5, 5.41) is 3.81. The van der Waals surface area contributed by atoms with Crippen LogP contribution in [0.5, 0.6) is 0 Å². The normalized spacial score (nSPS) is 25.6. The van der Waals surface area contributed by atoms with Crippen LogP contribution in [-0.4, -0.2) is 48.9 Å². The lowest BCUT2D eigenvalue weighted by Crippen LogP contribution is -2.54. The van der Waals surface area contributed by atoms with Crippen molar-refractivity contribution >= 4 is 29.1 Å². The van der Waals surface area contributed by atoms with Gasteiger partial charge in [-0.25, -0.2) is 0 Å². The van der Waals surface area contributed by atoms with Crippen molar-refractivity contribution in [3.63, 3.8) is 0 Å². The van der Waals surface area contributed by atoms with Gasteiger partial charge in [-0.05, 0) is 19.1 Å². The fourth-order valence-electron chi connectivity index (χ4n) is 3.18. The van der Waals surface area contributed by atoms with Gasteiger partial charge in [-0.3, -0.25) is 9.59 Å². The average Bonchev–Trinajstić information content (AvgIpc) is 2.89. The summed E-state index contributed by atoms with van der Waals surface area (Å²) in [7, 11) is 0. The monoisotopic (exact) mass is 321 g/mol. The molecule has 0 radical (unpaired) electrons. The number of hydrogen-bond acceptors (Lipinski definition) is 3. The summed E-state index contributed by atoms with van der Waals surface area (Å²) < 4.78 is 0. The van der Waals surface area contributed by atoms with Gasteiger partial charge >= 0.3 is 0 Å². The number of hydrogen-bond donors (Lipinski definition) is 1. The summed E-state index contributed by atoms with van der Waals surface area (Å²) in [4.78, 5) is 28.5. The van der Waals surface area contributed by atoms with Gasteiger partial charge in [-0.1, -0.05) is 23.7 Å². The summed E-state index contributed by atoms with van der Waals surface area (Å²) in [5.74, 6) is -0.226. The number of benzene rings is 1. The van der Waals surface area contributed by atoms with E-state index in [9.17, 15) is 9.59 Å². The number of nitrogens with zero attached hydrogens (tertiary/aromatic N) is 2. The largest absolute Gasteiger partial charge is 0.337 e. The topological polar surface area (TPSA) is 52.7 Å². The highest BCUT2D eigenvalue weighted by Crippen LogP contribution is 2.31. The molecular formula is C16H20ClN3O2. The third-order valence-corrected chi connectivity index (χ3v) is 4.72. The molecule has 2 saturated heterocycles. The van der Waals surface area contributed by atoms with Gasteiger partial charge in [0.15, 0.2) is 0 Å². The second-order valence-electron chi connectivity index (χ2n) is 5.94. The zero-order valence-electron chi connectivity index (χ0n) is 12.6. The lowest BCUT2D eigenvalue weighted by molar-refractivity contribution is -0.138. The number of nitrogens with one attached hydrogen (secondary N) is 1. The number of rotatable bonds is 2. The zero-order chi connectivity index (χ0) is 15.7. The number of anilines is 1. The third kappa shape index (κ3) is 2.83. The first-order valence-electron chi connectivity index (χ1n) is 7.64. The van der Waals surface area contributed by atoms with Gasteiger partial charge in [0, 0.05) is 38.6 Å². The Morgan fingerprint density at radius 2 is 2.14 bits per heavy atom. The second-order valence-corrected chi connectivity index (χ2v) is 6.35. The van der Waals surface area contributed by atoms with Gasteiger partial charge < -0.3 is 15.1 Å². The van der Waals surface area contributed by atoms with E-state index in [0.29, 0.717) is 23.8 Å². The maximum Gasteiger partial charge on any atom is 0.228 e. The van der Waals surface area contributed by atoms with E-state index in [1.165, 1.54) is 0 Å². The highest BCUT2D eigenvalue weighted by molar-refractivity contribution is 6.33. The third-order valence-electron chi connectivity index (χ3n) is 4.40. The molecular weight excluding hydrogens is 302 g/mol. The molecule has 1 N–H and O–H groups in total. The van der Waals surface area contributed by atoms with Gasteiger partial charge in [-0.2, -0.15) is 0 Å². The van der Waals surface area contributed by atoms with Crippen molar-refractivity contribution in [2.45, 2.75) is 19.4 Å². The minimum absolute atomic E-state index is 0.0331. The van der Waals surface area contributed by atoms with Crippen molar-refractivity contribution < 1.29 is 9.59 Å². The molecule has 118 valence electrons. The molecule has 3 rings (SSSR count). The Bertz CT molecular complexity index is 593. The molecule has 1 unspecified atom stereocenters. The van der Waals surface area contributed by atoms with E-state index in [2.05, 4.69) is 5.32 Å². The Kier molecular flexibility index (Phi) is 4.36. The molecule has 2 amide bonds. The van der Waals surface area contributed by atoms with Crippen molar-refractivity contribution in [1.82, 2.24) is 10.2 Å². The van der Waals surface area contributed by atoms with E-state index in [1.54, 1.807) is 11.0 Å². The van der Waals surface area contributed by atoms with Crippen LogP contribution in [0.3, 0.4) is 0 Å². The number of para-hydroxylation sites is 1. The predicted molar refractivity (Wildman–Crippen MR) is 86.0 cm³/mol. The van der Waals surface area contributed by atoms with Crippen LogP contribution in [0.1, 0.15) is 13.3 Å². The van der Waals surface area contributed by atoms with E-state index < -0.39 is 0 Å². The molecule has 1 aromatic carbocycles. The van der Waals surface area contributed by atoms with Gasteiger partial charge in [0.2, 0.25) is 11.8 Å². The van der Waals surface area contributed by atoms with Gasteiger partial charge in [-0.15, -0.1) is 0 Å². The number of carbonyl (C=O) groups is 2. The van der Waals surface area contributed by atoms with Crippen LogP contribution in [0.25, 0.3) is 0 Å². The van der Waals surface area contributed by atoms with Crippen LogP contribution in [0, 0.1) is 5.92 Å². The molecule has 1 aromatic rings. The van der Waals surface area contributed by atoms with Crippen LogP contribution >= 0.6 is 11.6 Å². The Balaban J connectivity index is 1.74. The van der Waals surface area contributed by atoms with Crippen molar-refractivity contribution in [2.24, 2.45) is 5.92 Å². The fraction of sp³-hybridized carbons (Fsp3) is 0.500. The Labute approximate surface area is 135 Å². The van der Waals surface area contributed by atoms with Crippen molar-refractivity contribution in [3.05, 3.63) is 29.3 Å². The molecule has 0 aliphatic carbocycles. The number of carbonyl (C=O) groups excluding carboxylic acids is 2. The van der Waals surface area contributed by atoms with E-state index in [-0.39, 0.29) is 30.2 Å². The van der Waals surface area contributed by atoms with Crippen LogP contribution in [0.15, 0.2) is 24.3 Å². The molecule has 2 aliphatic heterocycles. The Morgan fingerprint density at radius 3 is 2.86 bits per heavy atom. The summed E-state index contributed by atoms with van der Waals surface area (Å²) in [5.41, 5.74) is 0.692. The molecule has 0 spiro atoms. The Hall–Kier alpha value is -1.59. The van der Waals surface area contributed by atoms with Crippen LogP contribution < -0.4 is 10.2 Å². The molecule has 2 atom stereocenters. The van der Waals surface area contributed by atoms with Crippen molar-refractivity contribution in [2.75, 3.05) is 31.1 Å². The molecule has 2 heterocycles. The predicted octanol–water partition coefficient (Wildman–Crippen LogP) is 1.51. The number of halogens is 1. The second kappa shape index (κ2) is 6.26. The van der Waals surface area contributed by atoms with Gasteiger partial charge in [0.25, 0.3) is 0 Å². The van der Waals surface area contributed by atoms with Crippen LogP contribution in [-0.2, 0) is 9.59 Å². The molecule has 0 saturated carbocycles. The first kappa shape index (κ1) is 15.3. The maximum absolute atomic E-state index is 12.7. The summed E-state index contributed by atoms with van der Waals surface area (Å²) in [6.45, 7) is 4.77. The van der Waals surface area contributed by atoms with E-state index in [1.807, 2.05) is 30.0 Å². The number of piperazine rings is 1. The average molecular weight is 322 g/mol. The summed E-state index contributed by atoms with van der Waals surface area (Å²) in [6, 6.07) is 7.43. The molecule has 2 fully saturated rings. The SMILES string of the molecule is C[C@H]1CNCCN1C(=O)C1CC(=O)N(c2ccccc2Cl)C1. The lowest BCUT2D eigenvalue weighted by atomic mass is 10.1. The van der Waals surface area contributed by atoms with E-state index >= 15 is 0 Å². The fourth-order valence-corrected chi connectivity index (χ4v) is 3.42. The number of amides is 2. The molecule has 5 nitrogen and oxygen atoms in total. The zero-order valence-corrected chi connectivity index (χ0v) is 13.3. The summed E-state index contributed by atoms with van der Waals surface area (Å²) >= 11 is 6.17. The molecule has 0 aromatic heterocycles. The maximum atomic E-state index is 12.7. The van der Waals surface area contributed by atoms with Crippen LogP contribution in [0.2, 0.25) is 5.02 Å². The molecule has 6 heteroatoms. The van der Waals surface area contributed by atoms with E-state index in [4.69, 9.17) is 11.6 Å². The quantitative estimate of drug-likeness (QED) is 0.898. The van der Waals surface area contributed by atoms with Gasteiger partial charge in [0.05, 0.1) is 16.6 Å². The minimum atomic E-state index is -0.274. The highest BCUT2D eigenvalue weighted by atomic mass is 35.5. The lowest BCUT2D eigenvalue weighted by Gasteiger charge is -2.35. The van der Waals surface area contributed by atoms with Crippen LogP contribution in [0.4, 0.5) is 5.69 Å². The first-order valence-corrected chi connectivity index (χ1v) is 8.02. The molecule has 22 heavy (non-hydrogen) atoms. The minimum Gasteiger partial charge on any atom is -0.337 e. The smallest absolute Gasteiger partial charge is 0.228 e. The van der Waals surface area contributed by atoms with Crippen molar-refractivity contribution in [1.29, 1.82) is 0 Å². The first-order chi connectivity index (χ1) is 10.6. The molecule has 2 aliphatic rings. The summed E-state index contributed by atoms with van der Waals surface area (Å²) in [6.07, 6.45) is 0.265. The van der Waals surface area contributed by atoms with Crippen molar-refractivity contribution in [3.8, 4) is 0 Å². The van der Waals surface area contributed by atoms with Gasteiger partial charge in [0.1, 0.15) is 0 Å².